The summed E-state index contributed by atoms with van der Waals surface area (Å²) in [5, 5.41) is 9.09. The van der Waals surface area contributed by atoms with Crippen LogP contribution in [0.25, 0.3) is 0 Å². The fourth-order valence-electron chi connectivity index (χ4n) is 1.89. The molecule has 0 spiro atoms. The monoisotopic (exact) mass is 244 g/mol. The Labute approximate surface area is 100 Å². The number of carboxylic acids is 1. The highest BCUT2D eigenvalue weighted by molar-refractivity contribution is 7.80. The number of hydrogen-bond donors (Lipinski definition) is 2. The Morgan fingerprint density at radius 3 is 2.88 bits per heavy atom. The van der Waals surface area contributed by atoms with E-state index >= 15 is 0 Å². The molecule has 0 aromatic heterocycles. The van der Waals surface area contributed by atoms with Crippen LogP contribution < -0.4 is 0 Å². The van der Waals surface area contributed by atoms with Crippen LogP contribution in [0.15, 0.2) is 12.2 Å². The van der Waals surface area contributed by atoms with E-state index in [-0.39, 0.29) is 6.61 Å². The number of carbonyl (C=O) groups is 2. The zero-order valence-electron chi connectivity index (χ0n) is 9.18. The van der Waals surface area contributed by atoms with Gasteiger partial charge in [-0.05, 0) is 19.8 Å². The second kappa shape index (κ2) is 5.39. The third-order valence-corrected chi connectivity index (χ3v) is 3.05. The van der Waals surface area contributed by atoms with Crippen LogP contribution in [0.5, 0.6) is 0 Å². The predicted octanol–water partition coefficient (Wildman–Crippen LogP) is 1.52. The zero-order valence-corrected chi connectivity index (χ0v) is 10.1. The molecule has 0 amide bonds. The summed E-state index contributed by atoms with van der Waals surface area (Å²) in [6.45, 7) is 1.82. The van der Waals surface area contributed by atoms with Gasteiger partial charge < -0.3 is 9.84 Å². The Hall–Kier alpha value is -0.970. The molecule has 0 bridgehead atoms. The number of carboxylic acid groups (broad SMARTS) is 1. The maximum absolute atomic E-state index is 11.8. The van der Waals surface area contributed by atoms with Gasteiger partial charge in [-0.25, -0.2) is 0 Å². The Kier molecular flexibility index (Phi) is 4.41. The maximum Gasteiger partial charge on any atom is 0.316 e. The molecule has 2 unspecified atom stereocenters. The normalized spacial score (nSPS) is 28.8. The van der Waals surface area contributed by atoms with E-state index in [2.05, 4.69) is 12.6 Å². The Morgan fingerprint density at radius 1 is 1.62 bits per heavy atom. The molecule has 0 heterocycles. The molecule has 4 nitrogen and oxygen atoms in total. The first kappa shape index (κ1) is 13.1. The highest BCUT2D eigenvalue weighted by Crippen LogP contribution is 2.37. The van der Waals surface area contributed by atoms with Crippen LogP contribution in [0.4, 0.5) is 0 Å². The molecule has 0 fully saturated rings. The van der Waals surface area contributed by atoms with Gasteiger partial charge in [0.1, 0.15) is 6.61 Å². The molecule has 0 aromatic rings. The first-order valence-electron chi connectivity index (χ1n) is 5.21. The second-order valence-electron chi connectivity index (χ2n) is 4.01. The van der Waals surface area contributed by atoms with Gasteiger partial charge in [-0.1, -0.05) is 12.2 Å². The highest BCUT2D eigenvalue weighted by atomic mass is 32.1. The average Bonchev–Trinajstić information content (AvgIpc) is 2.25. The topological polar surface area (TPSA) is 63.6 Å². The van der Waals surface area contributed by atoms with Crippen molar-refractivity contribution in [3.63, 3.8) is 0 Å². The molecule has 5 heteroatoms. The number of hydrogen-bond acceptors (Lipinski definition) is 4. The molecule has 0 saturated heterocycles. The van der Waals surface area contributed by atoms with Crippen LogP contribution in [-0.4, -0.2) is 29.4 Å². The predicted molar refractivity (Wildman–Crippen MR) is 62.4 cm³/mol. The standard InChI is InChI=1S/C11H16O4S/c1-11(10(14)15-6-7-16)5-3-2-4-8(11)9(12)13/h3,5,8,16H,2,4,6-7H2,1H3,(H,12,13). The van der Waals surface area contributed by atoms with Crippen molar-refractivity contribution in [2.45, 2.75) is 19.8 Å². The quantitative estimate of drug-likeness (QED) is 0.447. The molecule has 1 N–H and O–H groups in total. The van der Waals surface area contributed by atoms with Gasteiger partial charge in [-0.2, -0.15) is 12.6 Å². The minimum absolute atomic E-state index is 0.206. The van der Waals surface area contributed by atoms with E-state index < -0.39 is 23.3 Å². The van der Waals surface area contributed by atoms with Crippen LogP contribution in [0, 0.1) is 11.3 Å². The van der Waals surface area contributed by atoms with Crippen molar-refractivity contribution in [1.29, 1.82) is 0 Å². The lowest BCUT2D eigenvalue weighted by atomic mass is 9.71. The Morgan fingerprint density at radius 2 is 2.31 bits per heavy atom. The first-order chi connectivity index (χ1) is 7.52. The summed E-state index contributed by atoms with van der Waals surface area (Å²) < 4.78 is 4.98. The van der Waals surface area contributed by atoms with Crippen molar-refractivity contribution >= 4 is 24.6 Å². The molecule has 0 radical (unpaired) electrons. The second-order valence-corrected chi connectivity index (χ2v) is 4.46. The number of esters is 1. The van der Waals surface area contributed by atoms with Gasteiger partial charge in [0.05, 0.1) is 11.3 Å². The molecule has 1 rings (SSSR count). The van der Waals surface area contributed by atoms with Gasteiger partial charge in [0.2, 0.25) is 0 Å². The van der Waals surface area contributed by atoms with Gasteiger partial charge in [0, 0.05) is 5.75 Å². The third-order valence-electron chi connectivity index (χ3n) is 2.87. The summed E-state index contributed by atoms with van der Waals surface area (Å²) in [5.74, 6) is -1.70. The first-order valence-corrected chi connectivity index (χ1v) is 5.84. The van der Waals surface area contributed by atoms with Gasteiger partial charge in [0.15, 0.2) is 0 Å². The fourth-order valence-corrected chi connectivity index (χ4v) is 1.98. The van der Waals surface area contributed by atoms with Crippen molar-refractivity contribution in [1.82, 2.24) is 0 Å². The Balaban J connectivity index is 2.85. The summed E-state index contributed by atoms with van der Waals surface area (Å²) in [7, 11) is 0. The van der Waals surface area contributed by atoms with Gasteiger partial charge in [-0.15, -0.1) is 0 Å². The minimum Gasteiger partial charge on any atom is -0.481 e. The lowest BCUT2D eigenvalue weighted by Crippen LogP contribution is -2.41. The van der Waals surface area contributed by atoms with E-state index in [1.807, 2.05) is 6.08 Å². The molecule has 90 valence electrons. The van der Waals surface area contributed by atoms with Crippen LogP contribution in [0.1, 0.15) is 19.8 Å². The van der Waals surface area contributed by atoms with Crippen molar-refractivity contribution in [3.05, 3.63) is 12.2 Å². The Bertz CT molecular complexity index is 313. The summed E-state index contributed by atoms with van der Waals surface area (Å²) >= 11 is 3.94. The molecule has 2 atom stereocenters. The van der Waals surface area contributed by atoms with E-state index in [4.69, 9.17) is 9.84 Å². The van der Waals surface area contributed by atoms with Crippen LogP contribution in [0.2, 0.25) is 0 Å². The molecule has 0 aromatic carbocycles. The number of allylic oxidation sites excluding steroid dienone is 1. The van der Waals surface area contributed by atoms with Gasteiger partial charge in [-0.3, -0.25) is 9.59 Å². The lowest BCUT2D eigenvalue weighted by molar-refractivity contribution is -0.162. The van der Waals surface area contributed by atoms with E-state index in [1.54, 1.807) is 13.0 Å². The smallest absolute Gasteiger partial charge is 0.316 e. The summed E-state index contributed by atoms with van der Waals surface area (Å²) in [6, 6.07) is 0. The van der Waals surface area contributed by atoms with E-state index in [1.165, 1.54) is 0 Å². The highest BCUT2D eigenvalue weighted by Gasteiger charge is 2.45. The lowest BCUT2D eigenvalue weighted by Gasteiger charge is -2.32. The number of ether oxygens (including phenoxy) is 1. The van der Waals surface area contributed by atoms with Crippen molar-refractivity contribution < 1.29 is 19.4 Å². The van der Waals surface area contributed by atoms with Crippen molar-refractivity contribution in [2.24, 2.45) is 11.3 Å². The van der Waals surface area contributed by atoms with Crippen LogP contribution in [0.3, 0.4) is 0 Å². The zero-order chi connectivity index (χ0) is 12.2. The molecular weight excluding hydrogens is 228 g/mol. The molecule has 1 aliphatic carbocycles. The summed E-state index contributed by atoms with van der Waals surface area (Å²) in [6.07, 6.45) is 4.64. The third kappa shape index (κ3) is 2.58. The maximum atomic E-state index is 11.8. The number of aliphatic carboxylic acids is 1. The van der Waals surface area contributed by atoms with Crippen LogP contribution >= 0.6 is 12.6 Å². The van der Waals surface area contributed by atoms with Crippen molar-refractivity contribution in [3.8, 4) is 0 Å². The molecule has 0 saturated carbocycles. The molecule has 0 aliphatic heterocycles. The fraction of sp³-hybridized carbons (Fsp3) is 0.636. The van der Waals surface area contributed by atoms with E-state index in [9.17, 15) is 9.59 Å². The number of thiol groups is 1. The van der Waals surface area contributed by atoms with E-state index in [0.29, 0.717) is 18.6 Å². The summed E-state index contributed by atoms with van der Waals surface area (Å²) in [4.78, 5) is 22.9. The molecule has 16 heavy (non-hydrogen) atoms. The van der Waals surface area contributed by atoms with Crippen LogP contribution in [-0.2, 0) is 14.3 Å². The number of carbonyl (C=O) groups excluding carboxylic acids is 1. The average molecular weight is 244 g/mol. The SMILES string of the molecule is CC1(C(=O)OCCS)C=CCCC1C(=O)O. The van der Waals surface area contributed by atoms with Gasteiger partial charge in [0.25, 0.3) is 0 Å². The minimum atomic E-state index is -1.05. The molecular formula is C11H16O4S. The summed E-state index contributed by atoms with van der Waals surface area (Å²) in [5.41, 5.74) is -1.05. The van der Waals surface area contributed by atoms with E-state index in [0.717, 1.165) is 0 Å². The van der Waals surface area contributed by atoms with Crippen molar-refractivity contribution in [2.75, 3.05) is 12.4 Å². The van der Waals surface area contributed by atoms with Gasteiger partial charge >= 0.3 is 11.9 Å². The largest absolute Gasteiger partial charge is 0.481 e. The number of rotatable bonds is 4. The molecule has 1 aliphatic rings.